The van der Waals surface area contributed by atoms with Gasteiger partial charge in [-0.25, -0.2) is 9.37 Å². The van der Waals surface area contributed by atoms with Crippen molar-refractivity contribution in [3.8, 4) is 16.5 Å². The minimum absolute atomic E-state index is 0.161. The monoisotopic (exact) mass is 271 g/mol. The molecule has 3 nitrogen and oxygen atoms in total. The maximum Gasteiger partial charge on any atom is 0.267 e. The summed E-state index contributed by atoms with van der Waals surface area (Å²) in [6, 6.07) is 5.94. The summed E-state index contributed by atoms with van der Waals surface area (Å²) in [4.78, 5) is 15.4. The molecule has 0 bridgehead atoms. The van der Waals surface area contributed by atoms with Crippen LogP contribution in [0.1, 0.15) is 9.67 Å². The van der Waals surface area contributed by atoms with Crippen molar-refractivity contribution in [2.24, 2.45) is 0 Å². The van der Waals surface area contributed by atoms with Crippen molar-refractivity contribution >= 4 is 28.2 Å². The van der Waals surface area contributed by atoms with Gasteiger partial charge in [0.1, 0.15) is 10.8 Å². The van der Waals surface area contributed by atoms with Gasteiger partial charge in [-0.15, -0.1) is 11.3 Å². The first-order valence-electron chi connectivity index (χ1n) is 4.62. The third kappa shape index (κ3) is 2.45. The Hall–Kier alpha value is -1.46. The Morgan fingerprint density at radius 1 is 1.53 bits per heavy atom. The van der Waals surface area contributed by atoms with Crippen LogP contribution < -0.4 is 4.74 Å². The maximum atomic E-state index is 13.1. The minimum atomic E-state index is -0.637. The van der Waals surface area contributed by atoms with E-state index in [1.54, 1.807) is 12.1 Å². The first-order chi connectivity index (χ1) is 8.11. The van der Waals surface area contributed by atoms with E-state index in [2.05, 4.69) is 4.98 Å². The van der Waals surface area contributed by atoms with E-state index in [9.17, 15) is 9.18 Å². The molecule has 0 amide bonds. The van der Waals surface area contributed by atoms with Crippen LogP contribution in [0.3, 0.4) is 0 Å². The molecule has 2 aromatic rings. The normalized spacial score (nSPS) is 10.3. The Balaban J connectivity index is 2.50. The van der Waals surface area contributed by atoms with E-state index in [1.165, 1.54) is 19.2 Å². The topological polar surface area (TPSA) is 39.2 Å². The second-order valence-electron chi connectivity index (χ2n) is 3.14. The van der Waals surface area contributed by atoms with Crippen LogP contribution in [-0.4, -0.2) is 17.3 Å². The van der Waals surface area contributed by atoms with Gasteiger partial charge in [0.25, 0.3) is 5.24 Å². The van der Waals surface area contributed by atoms with Gasteiger partial charge >= 0.3 is 0 Å². The second kappa shape index (κ2) is 4.81. The Bertz CT molecular complexity index is 570. The summed E-state index contributed by atoms with van der Waals surface area (Å²) in [7, 11) is 1.40. The number of carbonyl (C=O) groups excluding carboxylic acids is 1. The summed E-state index contributed by atoms with van der Waals surface area (Å²) in [6.07, 6.45) is 0. The summed E-state index contributed by atoms with van der Waals surface area (Å²) < 4.78 is 18.0. The van der Waals surface area contributed by atoms with Crippen LogP contribution in [0.5, 0.6) is 5.88 Å². The number of methoxy groups -OCH3 is 1. The fourth-order valence-corrected chi connectivity index (χ4v) is 2.37. The van der Waals surface area contributed by atoms with Crippen molar-refractivity contribution in [3.63, 3.8) is 0 Å². The molecular weight excluding hydrogens is 265 g/mol. The summed E-state index contributed by atoms with van der Waals surface area (Å²) in [5.41, 5.74) is 0.581. The molecule has 1 heterocycles. The fraction of sp³-hybridized carbons (Fsp3) is 0.0909. The van der Waals surface area contributed by atoms with Gasteiger partial charge in [-0.2, -0.15) is 0 Å². The van der Waals surface area contributed by atoms with Crippen molar-refractivity contribution in [3.05, 3.63) is 35.0 Å². The predicted molar refractivity (Wildman–Crippen MR) is 64.2 cm³/mol. The number of rotatable bonds is 3. The lowest BCUT2D eigenvalue weighted by molar-refractivity contribution is 0.108. The van der Waals surface area contributed by atoms with Crippen LogP contribution in [0.25, 0.3) is 10.6 Å². The smallest absolute Gasteiger partial charge is 0.267 e. The predicted octanol–water partition coefficient (Wildman–Crippen LogP) is 3.34. The number of hydrogen-bond acceptors (Lipinski definition) is 4. The van der Waals surface area contributed by atoms with E-state index in [0.29, 0.717) is 10.6 Å². The highest BCUT2D eigenvalue weighted by molar-refractivity contribution is 7.18. The summed E-state index contributed by atoms with van der Waals surface area (Å²) in [6.45, 7) is 0. The number of nitrogens with zero attached hydrogens (tertiary/aromatic N) is 1. The van der Waals surface area contributed by atoms with Gasteiger partial charge < -0.3 is 4.74 Å². The van der Waals surface area contributed by atoms with Gasteiger partial charge in [0.15, 0.2) is 4.88 Å². The number of halogens is 2. The van der Waals surface area contributed by atoms with Crippen LogP contribution in [0.2, 0.25) is 0 Å². The average molecular weight is 272 g/mol. The first-order valence-corrected chi connectivity index (χ1v) is 5.82. The maximum absolute atomic E-state index is 13.1. The second-order valence-corrected chi connectivity index (χ2v) is 4.48. The van der Waals surface area contributed by atoms with Gasteiger partial charge in [0.05, 0.1) is 7.11 Å². The van der Waals surface area contributed by atoms with E-state index in [-0.39, 0.29) is 16.6 Å². The highest BCUT2D eigenvalue weighted by Crippen LogP contribution is 2.33. The first kappa shape index (κ1) is 12.0. The fourth-order valence-electron chi connectivity index (χ4n) is 1.31. The molecule has 0 saturated heterocycles. The molecular formula is C11H7ClFNO2S. The van der Waals surface area contributed by atoms with E-state index in [1.807, 2.05) is 0 Å². The van der Waals surface area contributed by atoms with Crippen LogP contribution in [-0.2, 0) is 0 Å². The van der Waals surface area contributed by atoms with E-state index >= 15 is 0 Å². The molecule has 88 valence electrons. The Kier molecular flexibility index (Phi) is 3.40. The quantitative estimate of drug-likeness (QED) is 0.804. The molecule has 0 aliphatic heterocycles. The molecule has 0 radical (unpaired) electrons. The van der Waals surface area contributed by atoms with E-state index < -0.39 is 5.24 Å². The molecule has 1 aromatic heterocycles. The van der Waals surface area contributed by atoms with Gasteiger partial charge in [-0.1, -0.05) is 12.1 Å². The summed E-state index contributed by atoms with van der Waals surface area (Å²) in [5, 5.41) is -0.146. The molecule has 0 fully saturated rings. The zero-order valence-corrected chi connectivity index (χ0v) is 10.3. The van der Waals surface area contributed by atoms with Crippen LogP contribution in [0.15, 0.2) is 24.3 Å². The van der Waals surface area contributed by atoms with Crippen molar-refractivity contribution in [2.75, 3.05) is 7.11 Å². The molecule has 2 rings (SSSR count). The SMILES string of the molecule is COc1nc(-c2cccc(F)c2)sc1C(=O)Cl. The average Bonchev–Trinajstić information content (AvgIpc) is 2.73. The van der Waals surface area contributed by atoms with Gasteiger partial charge in [-0.05, 0) is 23.7 Å². The lowest BCUT2D eigenvalue weighted by atomic mass is 10.2. The number of aromatic nitrogens is 1. The summed E-state index contributed by atoms with van der Waals surface area (Å²) >= 11 is 6.47. The van der Waals surface area contributed by atoms with Gasteiger partial charge in [-0.3, -0.25) is 4.79 Å². The van der Waals surface area contributed by atoms with E-state index in [0.717, 1.165) is 11.3 Å². The zero-order valence-electron chi connectivity index (χ0n) is 8.74. The molecule has 1 aromatic carbocycles. The molecule has 0 atom stereocenters. The highest BCUT2D eigenvalue weighted by Gasteiger charge is 2.18. The molecule has 6 heteroatoms. The molecule has 0 saturated carbocycles. The lowest BCUT2D eigenvalue weighted by Crippen LogP contribution is -1.90. The molecule has 0 N–H and O–H groups in total. The van der Waals surface area contributed by atoms with Crippen molar-refractivity contribution < 1.29 is 13.9 Å². The van der Waals surface area contributed by atoms with Crippen molar-refractivity contribution in [2.45, 2.75) is 0 Å². The number of ether oxygens (including phenoxy) is 1. The van der Waals surface area contributed by atoms with Crippen LogP contribution >= 0.6 is 22.9 Å². The standard InChI is InChI=1S/C11H7ClFNO2S/c1-16-10-8(9(12)15)17-11(14-10)6-3-2-4-7(13)5-6/h2-5H,1H3. The molecule has 0 aliphatic carbocycles. The Labute approximate surface area is 106 Å². The Morgan fingerprint density at radius 3 is 2.82 bits per heavy atom. The van der Waals surface area contributed by atoms with Crippen LogP contribution in [0.4, 0.5) is 4.39 Å². The Morgan fingerprint density at radius 2 is 2.29 bits per heavy atom. The van der Waals surface area contributed by atoms with Crippen molar-refractivity contribution in [1.29, 1.82) is 0 Å². The molecule has 0 aliphatic rings. The molecule has 0 spiro atoms. The van der Waals surface area contributed by atoms with Gasteiger partial charge in [0.2, 0.25) is 5.88 Å². The third-order valence-electron chi connectivity index (χ3n) is 2.04. The number of benzene rings is 1. The highest BCUT2D eigenvalue weighted by atomic mass is 35.5. The number of thiazole rings is 1. The van der Waals surface area contributed by atoms with Crippen molar-refractivity contribution in [1.82, 2.24) is 4.98 Å². The van der Waals surface area contributed by atoms with Gasteiger partial charge in [0, 0.05) is 5.56 Å². The number of hydrogen-bond donors (Lipinski definition) is 0. The van der Waals surface area contributed by atoms with Crippen LogP contribution in [0, 0.1) is 5.82 Å². The van der Waals surface area contributed by atoms with E-state index in [4.69, 9.17) is 16.3 Å². The minimum Gasteiger partial charge on any atom is -0.480 e. The third-order valence-corrected chi connectivity index (χ3v) is 3.43. The zero-order chi connectivity index (χ0) is 12.4. The largest absolute Gasteiger partial charge is 0.480 e. The number of carbonyl (C=O) groups is 1. The molecule has 17 heavy (non-hydrogen) atoms. The molecule has 0 unspecified atom stereocenters. The lowest BCUT2D eigenvalue weighted by Gasteiger charge is -1.95. The summed E-state index contributed by atoms with van der Waals surface area (Å²) in [5.74, 6) is -0.204.